The fraction of sp³-hybridized carbons (Fsp3) is 0.846. The van der Waals surface area contributed by atoms with Crippen LogP contribution in [-0.4, -0.2) is 25.3 Å². The van der Waals surface area contributed by atoms with Gasteiger partial charge in [-0.1, -0.05) is 12.2 Å². The van der Waals surface area contributed by atoms with E-state index >= 15 is 0 Å². The molecule has 3 unspecified atom stereocenters. The van der Waals surface area contributed by atoms with Crippen molar-refractivity contribution < 1.29 is 4.74 Å². The molecule has 0 amide bonds. The van der Waals surface area contributed by atoms with Crippen molar-refractivity contribution in [3.63, 3.8) is 0 Å². The lowest BCUT2D eigenvalue weighted by Crippen LogP contribution is -2.48. The van der Waals surface area contributed by atoms with Crippen molar-refractivity contribution in [1.82, 2.24) is 5.32 Å². The third-order valence-electron chi connectivity index (χ3n) is 3.54. The lowest BCUT2D eigenvalue weighted by molar-refractivity contribution is 0.0742. The highest BCUT2D eigenvalue weighted by Gasteiger charge is 2.40. The number of hydrogen-bond donors (Lipinski definition) is 1. The molecule has 2 rings (SSSR count). The SMILES string of the molecule is CC(C)OCCCNC1CC2CC=CC21. The predicted molar refractivity (Wildman–Crippen MR) is 62.8 cm³/mol. The molecule has 2 aliphatic rings. The molecule has 1 N–H and O–H groups in total. The molecule has 0 aromatic rings. The maximum Gasteiger partial charge on any atom is 0.0518 e. The normalized spacial score (nSPS) is 33.1. The van der Waals surface area contributed by atoms with Gasteiger partial charge in [-0.2, -0.15) is 0 Å². The summed E-state index contributed by atoms with van der Waals surface area (Å²) in [7, 11) is 0. The van der Waals surface area contributed by atoms with E-state index in [2.05, 4.69) is 31.3 Å². The van der Waals surface area contributed by atoms with Crippen LogP contribution < -0.4 is 5.32 Å². The molecule has 2 aliphatic carbocycles. The molecule has 2 heteroatoms. The number of ether oxygens (including phenoxy) is 1. The van der Waals surface area contributed by atoms with Gasteiger partial charge in [0.1, 0.15) is 0 Å². The Kier molecular flexibility index (Phi) is 3.81. The molecule has 0 heterocycles. The van der Waals surface area contributed by atoms with Crippen LogP contribution in [0.3, 0.4) is 0 Å². The van der Waals surface area contributed by atoms with Crippen molar-refractivity contribution >= 4 is 0 Å². The largest absolute Gasteiger partial charge is 0.379 e. The highest BCUT2D eigenvalue weighted by Crippen LogP contribution is 2.42. The molecule has 1 saturated carbocycles. The summed E-state index contributed by atoms with van der Waals surface area (Å²) in [6.45, 7) is 6.18. The Labute approximate surface area is 93.1 Å². The van der Waals surface area contributed by atoms with E-state index < -0.39 is 0 Å². The molecule has 1 fully saturated rings. The summed E-state index contributed by atoms with van der Waals surface area (Å²) in [6, 6.07) is 0.757. The highest BCUT2D eigenvalue weighted by atomic mass is 16.5. The molecule has 0 aromatic carbocycles. The Morgan fingerprint density at radius 3 is 3.07 bits per heavy atom. The first-order chi connectivity index (χ1) is 7.27. The van der Waals surface area contributed by atoms with Crippen LogP contribution in [0.2, 0.25) is 0 Å². The van der Waals surface area contributed by atoms with Gasteiger partial charge in [-0.3, -0.25) is 0 Å². The minimum Gasteiger partial charge on any atom is -0.379 e. The number of allylic oxidation sites excluding steroid dienone is 1. The van der Waals surface area contributed by atoms with E-state index in [4.69, 9.17) is 4.74 Å². The monoisotopic (exact) mass is 209 g/mol. The van der Waals surface area contributed by atoms with Crippen LogP contribution in [0.5, 0.6) is 0 Å². The molecule has 0 radical (unpaired) electrons. The lowest BCUT2D eigenvalue weighted by atomic mass is 9.71. The van der Waals surface area contributed by atoms with Gasteiger partial charge >= 0.3 is 0 Å². The molecular formula is C13H23NO. The molecule has 15 heavy (non-hydrogen) atoms. The number of hydrogen-bond acceptors (Lipinski definition) is 2. The van der Waals surface area contributed by atoms with E-state index in [9.17, 15) is 0 Å². The Balaban J connectivity index is 1.50. The average molecular weight is 209 g/mol. The standard InChI is InChI=1S/C13H23NO/c1-10(2)15-8-4-7-14-13-9-11-5-3-6-12(11)13/h3,6,10-14H,4-5,7-9H2,1-2H3. The van der Waals surface area contributed by atoms with Crippen molar-refractivity contribution in [3.05, 3.63) is 12.2 Å². The molecule has 0 aromatic heterocycles. The fourth-order valence-corrected chi connectivity index (χ4v) is 2.63. The van der Waals surface area contributed by atoms with Crippen LogP contribution in [0.25, 0.3) is 0 Å². The van der Waals surface area contributed by atoms with Gasteiger partial charge in [-0.15, -0.1) is 0 Å². The van der Waals surface area contributed by atoms with Gasteiger partial charge in [0.25, 0.3) is 0 Å². The minimum atomic E-state index is 0.371. The third-order valence-corrected chi connectivity index (χ3v) is 3.54. The molecular weight excluding hydrogens is 186 g/mol. The first-order valence-electron chi connectivity index (χ1n) is 6.29. The summed E-state index contributed by atoms with van der Waals surface area (Å²) in [4.78, 5) is 0. The van der Waals surface area contributed by atoms with Gasteiger partial charge in [0.2, 0.25) is 0 Å². The second-order valence-corrected chi connectivity index (χ2v) is 5.07. The second-order valence-electron chi connectivity index (χ2n) is 5.07. The van der Waals surface area contributed by atoms with Crippen molar-refractivity contribution in [2.75, 3.05) is 13.2 Å². The van der Waals surface area contributed by atoms with Crippen LogP contribution in [0.15, 0.2) is 12.2 Å². The van der Waals surface area contributed by atoms with Crippen molar-refractivity contribution in [3.8, 4) is 0 Å². The lowest BCUT2D eigenvalue weighted by Gasteiger charge is -2.40. The molecule has 2 nitrogen and oxygen atoms in total. The van der Waals surface area contributed by atoms with E-state index in [0.29, 0.717) is 6.10 Å². The van der Waals surface area contributed by atoms with E-state index in [0.717, 1.165) is 37.5 Å². The maximum atomic E-state index is 5.51. The van der Waals surface area contributed by atoms with E-state index in [1.165, 1.54) is 12.8 Å². The van der Waals surface area contributed by atoms with E-state index in [1.54, 1.807) is 0 Å². The molecule has 0 saturated heterocycles. The van der Waals surface area contributed by atoms with Gasteiger partial charge in [-0.25, -0.2) is 0 Å². The summed E-state index contributed by atoms with van der Waals surface area (Å²) in [5, 5.41) is 3.63. The highest BCUT2D eigenvalue weighted by molar-refractivity contribution is 5.12. The molecule has 0 spiro atoms. The van der Waals surface area contributed by atoms with Crippen molar-refractivity contribution in [1.29, 1.82) is 0 Å². The van der Waals surface area contributed by atoms with Crippen LogP contribution in [0.1, 0.15) is 33.1 Å². The minimum absolute atomic E-state index is 0.371. The fourth-order valence-electron chi connectivity index (χ4n) is 2.63. The number of rotatable bonds is 6. The van der Waals surface area contributed by atoms with Gasteiger partial charge in [0, 0.05) is 12.6 Å². The molecule has 0 aliphatic heterocycles. The zero-order chi connectivity index (χ0) is 10.7. The molecule has 0 bridgehead atoms. The number of fused-ring (bicyclic) bond motifs is 1. The average Bonchev–Trinajstić information content (AvgIpc) is 2.53. The van der Waals surface area contributed by atoms with Crippen LogP contribution >= 0.6 is 0 Å². The quantitative estimate of drug-likeness (QED) is 0.535. The Morgan fingerprint density at radius 2 is 2.33 bits per heavy atom. The summed E-state index contributed by atoms with van der Waals surface area (Å²) < 4.78 is 5.51. The molecule has 3 atom stereocenters. The second kappa shape index (κ2) is 5.13. The first kappa shape index (κ1) is 11.2. The van der Waals surface area contributed by atoms with Gasteiger partial charge < -0.3 is 10.1 Å². The first-order valence-corrected chi connectivity index (χ1v) is 6.29. The maximum absolute atomic E-state index is 5.51. The van der Waals surface area contributed by atoms with Gasteiger partial charge in [0.15, 0.2) is 0 Å². The van der Waals surface area contributed by atoms with Gasteiger partial charge in [0.05, 0.1) is 6.10 Å². The Bertz CT molecular complexity index is 225. The van der Waals surface area contributed by atoms with Crippen LogP contribution in [0, 0.1) is 11.8 Å². The third kappa shape index (κ3) is 2.82. The summed E-state index contributed by atoms with van der Waals surface area (Å²) >= 11 is 0. The van der Waals surface area contributed by atoms with Crippen molar-refractivity contribution in [2.45, 2.75) is 45.3 Å². The van der Waals surface area contributed by atoms with Gasteiger partial charge in [-0.05, 0) is 51.5 Å². The molecule has 86 valence electrons. The van der Waals surface area contributed by atoms with Crippen LogP contribution in [-0.2, 0) is 4.74 Å². The van der Waals surface area contributed by atoms with Crippen molar-refractivity contribution in [2.24, 2.45) is 11.8 Å². The number of nitrogens with one attached hydrogen (secondary N) is 1. The topological polar surface area (TPSA) is 21.3 Å². The summed E-state index contributed by atoms with van der Waals surface area (Å²) in [5.41, 5.74) is 0. The summed E-state index contributed by atoms with van der Waals surface area (Å²) in [5.74, 6) is 1.81. The Hall–Kier alpha value is -0.340. The van der Waals surface area contributed by atoms with E-state index in [-0.39, 0.29) is 0 Å². The van der Waals surface area contributed by atoms with Crippen LogP contribution in [0.4, 0.5) is 0 Å². The predicted octanol–water partition coefficient (Wildman–Crippen LogP) is 2.36. The zero-order valence-electron chi connectivity index (χ0n) is 9.91. The zero-order valence-corrected chi connectivity index (χ0v) is 9.91. The van der Waals surface area contributed by atoms with E-state index in [1.807, 2.05) is 0 Å². The Morgan fingerprint density at radius 1 is 1.47 bits per heavy atom. The smallest absolute Gasteiger partial charge is 0.0518 e. The summed E-state index contributed by atoms with van der Waals surface area (Å²) in [6.07, 6.45) is 8.95.